The monoisotopic (exact) mass is 340 g/mol. The van der Waals surface area contributed by atoms with Crippen molar-refractivity contribution in [3.63, 3.8) is 0 Å². The molecule has 20 heavy (non-hydrogen) atoms. The van der Waals surface area contributed by atoms with Gasteiger partial charge >= 0.3 is 0 Å². The Labute approximate surface area is 124 Å². The minimum absolute atomic E-state index is 0.0401. The number of hydrogen-bond acceptors (Lipinski definition) is 3. The number of rotatable bonds is 6. The number of benzene rings is 1. The van der Waals surface area contributed by atoms with Crippen molar-refractivity contribution in [3.8, 4) is 0 Å². The Morgan fingerprint density at radius 2 is 2.30 bits per heavy atom. The summed E-state index contributed by atoms with van der Waals surface area (Å²) in [6.07, 6.45) is 4.03. The first-order valence-electron chi connectivity index (χ1n) is 6.18. The van der Waals surface area contributed by atoms with Gasteiger partial charge in [-0.2, -0.15) is 5.10 Å². The van der Waals surface area contributed by atoms with Crippen molar-refractivity contribution < 1.29 is 9.18 Å². The molecule has 5 nitrogen and oxygen atoms in total. The molecule has 1 aromatic heterocycles. The fourth-order valence-corrected chi connectivity index (χ4v) is 2.12. The number of carbonyl (C=O) groups excluding carboxylic acids is 1. The van der Waals surface area contributed by atoms with Gasteiger partial charge in [0.25, 0.3) is 0 Å². The summed E-state index contributed by atoms with van der Waals surface area (Å²) in [6, 6.07) is 4.84. The van der Waals surface area contributed by atoms with Crippen LogP contribution in [0, 0.1) is 5.82 Å². The van der Waals surface area contributed by atoms with Crippen LogP contribution >= 0.6 is 15.9 Å². The molecule has 0 aliphatic heterocycles. The van der Waals surface area contributed by atoms with Crippen molar-refractivity contribution in [1.82, 2.24) is 20.1 Å². The summed E-state index contributed by atoms with van der Waals surface area (Å²) < 4.78 is 15.1. The standard InChI is InChI=1S/C13H14BrFN4O/c14-11-7-10(1-2-12(11)15)3-5-17-13(20)4-6-19-9-16-8-18-19/h1-2,7-9H,3-6H2,(H,17,20). The molecular weight excluding hydrogens is 327 g/mol. The van der Waals surface area contributed by atoms with Gasteiger partial charge in [0.15, 0.2) is 0 Å². The summed E-state index contributed by atoms with van der Waals surface area (Å²) in [6.45, 7) is 1.03. The number of hydrogen-bond donors (Lipinski definition) is 1. The zero-order valence-corrected chi connectivity index (χ0v) is 12.3. The molecule has 0 saturated heterocycles. The highest BCUT2D eigenvalue weighted by Gasteiger charge is 2.03. The highest BCUT2D eigenvalue weighted by atomic mass is 79.9. The van der Waals surface area contributed by atoms with Crippen LogP contribution in [0.4, 0.5) is 4.39 Å². The van der Waals surface area contributed by atoms with E-state index < -0.39 is 0 Å². The van der Waals surface area contributed by atoms with Crippen LogP contribution in [0.3, 0.4) is 0 Å². The Kier molecular flexibility index (Phi) is 5.23. The summed E-state index contributed by atoms with van der Waals surface area (Å²) in [5.41, 5.74) is 0.967. The number of aryl methyl sites for hydroxylation is 1. The summed E-state index contributed by atoms with van der Waals surface area (Å²) in [7, 11) is 0. The van der Waals surface area contributed by atoms with Crippen LogP contribution in [0.15, 0.2) is 35.3 Å². The maximum absolute atomic E-state index is 13.1. The molecule has 0 saturated carbocycles. The smallest absolute Gasteiger partial charge is 0.221 e. The molecular formula is C13H14BrFN4O. The van der Waals surface area contributed by atoms with Crippen LogP contribution in [0.2, 0.25) is 0 Å². The zero-order chi connectivity index (χ0) is 14.4. The van der Waals surface area contributed by atoms with Gasteiger partial charge in [0.2, 0.25) is 5.91 Å². The van der Waals surface area contributed by atoms with Gasteiger partial charge in [0.1, 0.15) is 18.5 Å². The Morgan fingerprint density at radius 1 is 1.45 bits per heavy atom. The molecule has 2 rings (SSSR count). The third kappa shape index (κ3) is 4.41. The van der Waals surface area contributed by atoms with Crippen molar-refractivity contribution in [1.29, 1.82) is 0 Å². The first-order chi connectivity index (χ1) is 9.65. The lowest BCUT2D eigenvalue weighted by molar-refractivity contribution is -0.121. The van der Waals surface area contributed by atoms with Crippen molar-refractivity contribution in [2.24, 2.45) is 0 Å². The van der Waals surface area contributed by atoms with Gasteiger partial charge in [-0.3, -0.25) is 9.48 Å². The van der Waals surface area contributed by atoms with E-state index in [0.29, 0.717) is 30.4 Å². The van der Waals surface area contributed by atoms with Crippen molar-refractivity contribution >= 4 is 21.8 Å². The lowest BCUT2D eigenvalue weighted by Crippen LogP contribution is -2.26. The summed E-state index contributed by atoms with van der Waals surface area (Å²) in [4.78, 5) is 15.4. The fourth-order valence-electron chi connectivity index (χ4n) is 1.69. The average molecular weight is 341 g/mol. The SMILES string of the molecule is O=C(CCn1cncn1)NCCc1ccc(F)c(Br)c1. The van der Waals surface area contributed by atoms with Crippen molar-refractivity contribution in [2.75, 3.05) is 6.54 Å². The number of nitrogens with zero attached hydrogens (tertiary/aromatic N) is 3. The van der Waals surface area contributed by atoms with Gasteiger partial charge in [0, 0.05) is 13.0 Å². The molecule has 0 radical (unpaired) electrons. The van der Waals surface area contributed by atoms with E-state index in [9.17, 15) is 9.18 Å². The zero-order valence-electron chi connectivity index (χ0n) is 10.7. The third-order valence-corrected chi connectivity index (χ3v) is 3.36. The van der Waals surface area contributed by atoms with Crippen LogP contribution in [-0.4, -0.2) is 27.2 Å². The predicted octanol–water partition coefficient (Wildman–Crippen LogP) is 1.93. The third-order valence-electron chi connectivity index (χ3n) is 2.75. The summed E-state index contributed by atoms with van der Waals surface area (Å²) >= 11 is 3.14. The Hall–Kier alpha value is -1.76. The lowest BCUT2D eigenvalue weighted by atomic mass is 10.1. The second kappa shape index (κ2) is 7.14. The quantitative estimate of drug-likeness (QED) is 0.873. The first-order valence-corrected chi connectivity index (χ1v) is 6.97. The van der Waals surface area contributed by atoms with E-state index in [-0.39, 0.29) is 11.7 Å². The largest absolute Gasteiger partial charge is 0.356 e. The molecule has 0 spiro atoms. The molecule has 106 valence electrons. The Balaban J connectivity index is 1.69. The van der Waals surface area contributed by atoms with E-state index in [1.54, 1.807) is 23.1 Å². The van der Waals surface area contributed by atoms with Gasteiger partial charge in [-0.1, -0.05) is 6.07 Å². The number of amides is 1. The molecule has 0 aliphatic rings. The topological polar surface area (TPSA) is 59.8 Å². The van der Waals surface area contributed by atoms with Gasteiger partial charge in [-0.25, -0.2) is 9.37 Å². The van der Waals surface area contributed by atoms with E-state index >= 15 is 0 Å². The van der Waals surface area contributed by atoms with Gasteiger partial charge < -0.3 is 5.32 Å². The van der Waals surface area contributed by atoms with Gasteiger partial charge in [-0.05, 0) is 40.0 Å². The number of halogens is 2. The molecule has 0 atom stereocenters. The minimum Gasteiger partial charge on any atom is -0.356 e. The van der Waals surface area contributed by atoms with E-state index in [1.807, 2.05) is 0 Å². The maximum atomic E-state index is 13.1. The van der Waals surface area contributed by atoms with E-state index in [4.69, 9.17) is 0 Å². The predicted molar refractivity (Wildman–Crippen MR) is 75.5 cm³/mol. The van der Waals surface area contributed by atoms with Crippen molar-refractivity contribution in [2.45, 2.75) is 19.4 Å². The molecule has 2 aromatic rings. The highest BCUT2D eigenvalue weighted by molar-refractivity contribution is 9.10. The van der Waals surface area contributed by atoms with E-state index in [0.717, 1.165) is 5.56 Å². The highest BCUT2D eigenvalue weighted by Crippen LogP contribution is 2.16. The molecule has 1 N–H and O–H groups in total. The molecule has 7 heteroatoms. The normalized spacial score (nSPS) is 10.5. The number of nitrogens with one attached hydrogen (secondary N) is 1. The van der Waals surface area contributed by atoms with Crippen LogP contribution < -0.4 is 5.32 Å². The molecule has 1 heterocycles. The van der Waals surface area contributed by atoms with Crippen LogP contribution in [0.5, 0.6) is 0 Å². The van der Waals surface area contributed by atoms with Crippen LogP contribution in [0.1, 0.15) is 12.0 Å². The fraction of sp³-hybridized carbons (Fsp3) is 0.308. The summed E-state index contributed by atoms with van der Waals surface area (Å²) in [5.74, 6) is -0.327. The minimum atomic E-state index is -0.286. The van der Waals surface area contributed by atoms with Crippen LogP contribution in [0.25, 0.3) is 0 Å². The number of carbonyl (C=O) groups is 1. The molecule has 0 fully saturated rings. The Morgan fingerprint density at radius 3 is 3.00 bits per heavy atom. The average Bonchev–Trinajstić information content (AvgIpc) is 2.94. The maximum Gasteiger partial charge on any atom is 0.221 e. The van der Waals surface area contributed by atoms with Crippen LogP contribution in [-0.2, 0) is 17.8 Å². The molecule has 1 amide bonds. The van der Waals surface area contributed by atoms with E-state index in [1.165, 1.54) is 12.4 Å². The molecule has 0 bridgehead atoms. The van der Waals surface area contributed by atoms with E-state index in [2.05, 4.69) is 31.3 Å². The second-order valence-corrected chi connectivity index (χ2v) is 5.11. The molecule has 0 aliphatic carbocycles. The van der Waals surface area contributed by atoms with Gasteiger partial charge in [0.05, 0.1) is 11.0 Å². The molecule has 0 unspecified atom stereocenters. The Bertz CT molecular complexity index is 574. The molecule has 1 aromatic carbocycles. The van der Waals surface area contributed by atoms with Gasteiger partial charge in [-0.15, -0.1) is 0 Å². The van der Waals surface area contributed by atoms with Crippen molar-refractivity contribution in [3.05, 3.63) is 46.7 Å². The lowest BCUT2D eigenvalue weighted by Gasteiger charge is -2.06. The second-order valence-electron chi connectivity index (χ2n) is 4.26. The summed E-state index contributed by atoms with van der Waals surface area (Å²) in [5, 5.41) is 6.74. The number of aromatic nitrogens is 3. The first kappa shape index (κ1) is 14.6.